The summed E-state index contributed by atoms with van der Waals surface area (Å²) < 4.78 is 0. The van der Waals surface area contributed by atoms with E-state index in [-0.39, 0.29) is 0 Å². The average Bonchev–Trinajstić information content (AvgIpc) is 2.05. The quantitative estimate of drug-likeness (QED) is 0.467. The standard InChI is InChI=1S/C6H4O2S2/c7-3-5-1-2-6(4-8)10-9-5/h1-4H. The summed E-state index contributed by atoms with van der Waals surface area (Å²) in [6.45, 7) is 0. The molecule has 0 aromatic heterocycles. The first-order chi connectivity index (χ1) is 4.86. The lowest BCUT2D eigenvalue weighted by atomic mass is 10.4. The van der Waals surface area contributed by atoms with E-state index in [0.717, 1.165) is 12.6 Å². The first kappa shape index (κ1) is 7.63. The first-order valence-corrected chi connectivity index (χ1v) is 4.68. The number of hydrogen-bond donors (Lipinski definition) is 0. The van der Waals surface area contributed by atoms with Crippen molar-refractivity contribution >= 4 is 34.2 Å². The predicted molar refractivity (Wildman–Crippen MR) is 43.5 cm³/mol. The van der Waals surface area contributed by atoms with Crippen LogP contribution in [0.25, 0.3) is 0 Å². The predicted octanol–water partition coefficient (Wildman–Crippen LogP) is 1.55. The van der Waals surface area contributed by atoms with E-state index in [9.17, 15) is 9.59 Å². The molecule has 0 atom stereocenters. The van der Waals surface area contributed by atoms with Crippen LogP contribution in [0.3, 0.4) is 0 Å². The van der Waals surface area contributed by atoms with Gasteiger partial charge in [0.05, 0.1) is 9.81 Å². The van der Waals surface area contributed by atoms with Crippen LogP contribution in [0.15, 0.2) is 22.0 Å². The second-order valence-corrected chi connectivity index (χ2v) is 3.82. The molecule has 0 unspecified atom stereocenters. The molecule has 2 nitrogen and oxygen atoms in total. The highest BCUT2D eigenvalue weighted by Gasteiger charge is 2.04. The monoisotopic (exact) mass is 172 g/mol. The lowest BCUT2D eigenvalue weighted by molar-refractivity contribution is -0.105. The van der Waals surface area contributed by atoms with Crippen molar-refractivity contribution in [3.63, 3.8) is 0 Å². The molecule has 4 heteroatoms. The van der Waals surface area contributed by atoms with Gasteiger partial charge in [0.15, 0.2) is 12.6 Å². The molecule has 0 aromatic carbocycles. The van der Waals surface area contributed by atoms with Crippen molar-refractivity contribution in [1.29, 1.82) is 0 Å². The highest BCUT2D eigenvalue weighted by atomic mass is 33.1. The number of allylic oxidation sites excluding steroid dienone is 4. The van der Waals surface area contributed by atoms with Crippen molar-refractivity contribution in [2.45, 2.75) is 0 Å². The molecule has 0 saturated carbocycles. The summed E-state index contributed by atoms with van der Waals surface area (Å²) in [7, 11) is 2.61. The maximum Gasteiger partial charge on any atom is 0.157 e. The van der Waals surface area contributed by atoms with E-state index in [2.05, 4.69) is 0 Å². The van der Waals surface area contributed by atoms with Crippen molar-refractivity contribution in [3.05, 3.63) is 22.0 Å². The molecule has 0 saturated heterocycles. The Bertz CT molecular complexity index is 194. The van der Waals surface area contributed by atoms with Gasteiger partial charge in [0.2, 0.25) is 0 Å². The molecule has 0 aliphatic carbocycles. The Kier molecular flexibility index (Phi) is 2.77. The molecule has 0 amide bonds. The Morgan fingerprint density at radius 2 is 1.40 bits per heavy atom. The van der Waals surface area contributed by atoms with Gasteiger partial charge in [-0.3, -0.25) is 9.59 Å². The summed E-state index contributed by atoms with van der Waals surface area (Å²) in [4.78, 5) is 21.6. The van der Waals surface area contributed by atoms with Gasteiger partial charge in [-0.25, -0.2) is 0 Å². The van der Waals surface area contributed by atoms with Gasteiger partial charge in [0, 0.05) is 0 Å². The van der Waals surface area contributed by atoms with E-state index in [1.54, 1.807) is 12.2 Å². The van der Waals surface area contributed by atoms with Crippen molar-refractivity contribution in [2.24, 2.45) is 0 Å². The zero-order valence-corrected chi connectivity index (χ0v) is 6.58. The van der Waals surface area contributed by atoms with E-state index < -0.39 is 0 Å². The van der Waals surface area contributed by atoms with Gasteiger partial charge in [0.1, 0.15) is 0 Å². The molecular formula is C6H4O2S2. The van der Waals surface area contributed by atoms with Crippen molar-refractivity contribution < 1.29 is 9.59 Å². The molecule has 1 heterocycles. The average molecular weight is 172 g/mol. The van der Waals surface area contributed by atoms with E-state index in [4.69, 9.17) is 0 Å². The number of carbonyl (C=O) groups excluding carboxylic acids is 2. The highest BCUT2D eigenvalue weighted by molar-refractivity contribution is 8.80. The van der Waals surface area contributed by atoms with Gasteiger partial charge in [-0.1, -0.05) is 0 Å². The Hall–Kier alpha value is -0.480. The van der Waals surface area contributed by atoms with Crippen LogP contribution in [0, 0.1) is 0 Å². The smallest absolute Gasteiger partial charge is 0.157 e. The van der Waals surface area contributed by atoms with Crippen LogP contribution in [0.1, 0.15) is 0 Å². The summed E-state index contributed by atoms with van der Waals surface area (Å²) in [6, 6.07) is 0. The summed E-state index contributed by atoms with van der Waals surface area (Å²) in [6.07, 6.45) is 4.82. The van der Waals surface area contributed by atoms with Crippen LogP contribution in [0.5, 0.6) is 0 Å². The van der Waals surface area contributed by atoms with E-state index in [1.807, 2.05) is 0 Å². The molecule has 0 N–H and O–H groups in total. The molecule has 1 rings (SSSR count). The zero-order chi connectivity index (χ0) is 7.40. The number of hydrogen-bond acceptors (Lipinski definition) is 4. The van der Waals surface area contributed by atoms with Crippen molar-refractivity contribution in [1.82, 2.24) is 0 Å². The second-order valence-electron chi connectivity index (χ2n) is 1.54. The van der Waals surface area contributed by atoms with Gasteiger partial charge in [-0.05, 0) is 33.7 Å². The van der Waals surface area contributed by atoms with Crippen LogP contribution < -0.4 is 0 Å². The van der Waals surface area contributed by atoms with Crippen LogP contribution in [0.4, 0.5) is 0 Å². The van der Waals surface area contributed by atoms with Crippen LogP contribution in [0.2, 0.25) is 0 Å². The summed E-state index contributed by atoms with van der Waals surface area (Å²) in [5.74, 6) is 0. The third kappa shape index (κ3) is 1.75. The fourth-order valence-corrected chi connectivity index (χ4v) is 2.10. The largest absolute Gasteiger partial charge is 0.297 e. The molecule has 0 fully saturated rings. The minimum absolute atomic E-state index is 0.649. The summed E-state index contributed by atoms with van der Waals surface area (Å²) >= 11 is 0. The molecule has 52 valence electrons. The minimum Gasteiger partial charge on any atom is -0.297 e. The molecule has 1 aliphatic heterocycles. The van der Waals surface area contributed by atoms with E-state index >= 15 is 0 Å². The number of carbonyl (C=O) groups is 2. The second kappa shape index (κ2) is 3.63. The fraction of sp³-hybridized carbons (Fsp3) is 0. The van der Waals surface area contributed by atoms with Crippen LogP contribution >= 0.6 is 21.6 Å². The van der Waals surface area contributed by atoms with E-state index in [1.165, 1.54) is 21.6 Å². The Morgan fingerprint density at radius 3 is 1.60 bits per heavy atom. The maximum absolute atomic E-state index is 10.1. The third-order valence-electron chi connectivity index (χ3n) is 0.878. The fourth-order valence-electron chi connectivity index (χ4n) is 0.434. The number of rotatable bonds is 2. The van der Waals surface area contributed by atoms with E-state index in [0.29, 0.717) is 9.81 Å². The molecule has 0 spiro atoms. The third-order valence-corrected chi connectivity index (χ3v) is 3.22. The Morgan fingerprint density at radius 1 is 1.00 bits per heavy atom. The number of aldehydes is 2. The topological polar surface area (TPSA) is 34.1 Å². The maximum atomic E-state index is 10.1. The van der Waals surface area contributed by atoms with Crippen molar-refractivity contribution in [3.8, 4) is 0 Å². The molecular weight excluding hydrogens is 168 g/mol. The Balaban J connectivity index is 2.73. The minimum atomic E-state index is 0.649. The first-order valence-electron chi connectivity index (χ1n) is 2.53. The van der Waals surface area contributed by atoms with Gasteiger partial charge in [0.25, 0.3) is 0 Å². The lowest BCUT2D eigenvalue weighted by Crippen LogP contribution is -1.83. The van der Waals surface area contributed by atoms with Gasteiger partial charge < -0.3 is 0 Å². The summed E-state index contributed by atoms with van der Waals surface area (Å²) in [5.41, 5.74) is 0. The molecule has 0 bridgehead atoms. The highest BCUT2D eigenvalue weighted by Crippen LogP contribution is 2.37. The summed E-state index contributed by atoms with van der Waals surface area (Å²) in [5, 5.41) is 0. The van der Waals surface area contributed by atoms with Crippen LogP contribution in [-0.4, -0.2) is 12.6 Å². The van der Waals surface area contributed by atoms with Gasteiger partial charge in [-0.15, -0.1) is 0 Å². The van der Waals surface area contributed by atoms with Crippen molar-refractivity contribution in [2.75, 3.05) is 0 Å². The van der Waals surface area contributed by atoms with Crippen LogP contribution in [-0.2, 0) is 9.59 Å². The Labute approximate surface area is 66.1 Å². The molecule has 10 heavy (non-hydrogen) atoms. The van der Waals surface area contributed by atoms with Gasteiger partial charge >= 0.3 is 0 Å². The zero-order valence-electron chi connectivity index (χ0n) is 4.94. The SMILES string of the molecule is O=CC1=CC=C(C=O)SS1. The van der Waals surface area contributed by atoms with Gasteiger partial charge in [-0.2, -0.15) is 0 Å². The molecule has 1 aliphatic rings. The molecule has 0 radical (unpaired) electrons. The molecule has 0 aromatic rings. The normalized spacial score (nSPS) is 17.2. The lowest BCUT2D eigenvalue weighted by Gasteiger charge is -2.02.